The van der Waals surface area contributed by atoms with Crippen LogP contribution in [0.2, 0.25) is 0 Å². The molecule has 0 bridgehead atoms. The van der Waals surface area contributed by atoms with Crippen molar-refractivity contribution in [1.82, 2.24) is 0 Å². The molecule has 0 fully saturated rings. The number of rotatable bonds is 3. The molecule has 0 unspecified atom stereocenters. The van der Waals surface area contributed by atoms with E-state index >= 15 is 0 Å². The average molecular weight is 366 g/mol. The van der Waals surface area contributed by atoms with Crippen molar-refractivity contribution in [2.24, 2.45) is 0 Å². The molecule has 2 rings (SSSR count). The van der Waals surface area contributed by atoms with Gasteiger partial charge < -0.3 is 5.32 Å². The zero-order chi connectivity index (χ0) is 13.0. The first-order chi connectivity index (χ1) is 8.70. The number of nitrogens with one attached hydrogen (secondary N) is 1. The largest absolute Gasteiger partial charge is 0.381 e. The van der Waals surface area contributed by atoms with Gasteiger partial charge in [0.05, 0.1) is 5.56 Å². The van der Waals surface area contributed by atoms with Crippen LogP contribution in [-0.2, 0) is 6.54 Å². The lowest BCUT2D eigenvalue weighted by atomic mass is 10.2. The SMILES string of the molecule is N#Cc1ccc(NCc2ccccc2Br)cc1Br. The monoisotopic (exact) mass is 364 g/mol. The van der Waals surface area contributed by atoms with Gasteiger partial charge in [-0.05, 0) is 45.8 Å². The van der Waals surface area contributed by atoms with E-state index in [1.165, 1.54) is 5.56 Å². The zero-order valence-electron chi connectivity index (χ0n) is 9.45. The van der Waals surface area contributed by atoms with Crippen LogP contribution in [-0.4, -0.2) is 0 Å². The highest BCUT2D eigenvalue weighted by Gasteiger charge is 2.02. The molecule has 0 saturated heterocycles. The molecule has 18 heavy (non-hydrogen) atoms. The van der Waals surface area contributed by atoms with Crippen LogP contribution in [0.1, 0.15) is 11.1 Å². The van der Waals surface area contributed by atoms with Crippen LogP contribution in [0.25, 0.3) is 0 Å². The molecule has 0 radical (unpaired) electrons. The fraction of sp³-hybridized carbons (Fsp3) is 0.0714. The third-order valence-corrected chi connectivity index (χ3v) is 3.96. The summed E-state index contributed by atoms with van der Waals surface area (Å²) >= 11 is 6.89. The number of hydrogen-bond donors (Lipinski definition) is 1. The molecular formula is C14H10Br2N2. The minimum atomic E-state index is 0.640. The molecule has 0 heterocycles. The van der Waals surface area contributed by atoms with Crippen LogP contribution >= 0.6 is 31.9 Å². The van der Waals surface area contributed by atoms with Crippen LogP contribution in [0.4, 0.5) is 5.69 Å². The van der Waals surface area contributed by atoms with E-state index in [0.717, 1.165) is 21.2 Å². The lowest BCUT2D eigenvalue weighted by Crippen LogP contribution is -2.00. The number of anilines is 1. The summed E-state index contributed by atoms with van der Waals surface area (Å²) in [6.07, 6.45) is 0. The van der Waals surface area contributed by atoms with Crippen molar-refractivity contribution >= 4 is 37.5 Å². The van der Waals surface area contributed by atoms with Crippen molar-refractivity contribution in [2.45, 2.75) is 6.54 Å². The second-order valence-electron chi connectivity index (χ2n) is 3.75. The Hall–Kier alpha value is -1.31. The van der Waals surface area contributed by atoms with E-state index in [1.807, 2.05) is 30.3 Å². The summed E-state index contributed by atoms with van der Waals surface area (Å²) in [5.41, 5.74) is 2.82. The third kappa shape index (κ3) is 3.12. The molecule has 0 aliphatic carbocycles. The van der Waals surface area contributed by atoms with Crippen molar-refractivity contribution in [2.75, 3.05) is 5.32 Å². The first-order valence-corrected chi connectivity index (χ1v) is 6.96. The molecular weight excluding hydrogens is 356 g/mol. The minimum Gasteiger partial charge on any atom is -0.381 e. The summed E-state index contributed by atoms with van der Waals surface area (Å²) < 4.78 is 1.90. The lowest BCUT2D eigenvalue weighted by molar-refractivity contribution is 1.14. The molecule has 2 nitrogen and oxygen atoms in total. The maximum Gasteiger partial charge on any atom is 0.100 e. The molecule has 0 spiro atoms. The molecule has 0 aliphatic heterocycles. The van der Waals surface area contributed by atoms with Gasteiger partial charge in [-0.2, -0.15) is 5.26 Å². The van der Waals surface area contributed by atoms with E-state index in [2.05, 4.69) is 49.3 Å². The highest BCUT2D eigenvalue weighted by molar-refractivity contribution is 9.10. The Morgan fingerprint density at radius 2 is 1.83 bits per heavy atom. The van der Waals surface area contributed by atoms with Crippen LogP contribution in [0.15, 0.2) is 51.4 Å². The molecule has 0 aliphatic rings. The van der Waals surface area contributed by atoms with E-state index in [4.69, 9.17) is 5.26 Å². The summed E-state index contributed by atoms with van der Waals surface area (Å²) in [4.78, 5) is 0. The molecule has 4 heteroatoms. The van der Waals surface area contributed by atoms with Crippen LogP contribution in [0.3, 0.4) is 0 Å². The first-order valence-electron chi connectivity index (χ1n) is 5.37. The molecule has 0 aromatic heterocycles. The Morgan fingerprint density at radius 3 is 2.50 bits per heavy atom. The molecule has 0 saturated carbocycles. The van der Waals surface area contributed by atoms with Crippen molar-refractivity contribution in [3.63, 3.8) is 0 Å². The molecule has 2 aromatic rings. The van der Waals surface area contributed by atoms with E-state index in [0.29, 0.717) is 5.56 Å². The van der Waals surface area contributed by atoms with Gasteiger partial charge in [0.1, 0.15) is 6.07 Å². The quantitative estimate of drug-likeness (QED) is 0.855. The third-order valence-electron chi connectivity index (χ3n) is 2.53. The fourth-order valence-corrected chi connectivity index (χ4v) is 2.45. The second kappa shape index (κ2) is 6.03. The van der Waals surface area contributed by atoms with Gasteiger partial charge in [-0.3, -0.25) is 0 Å². The van der Waals surface area contributed by atoms with E-state index in [9.17, 15) is 0 Å². The first kappa shape index (κ1) is 13.1. The van der Waals surface area contributed by atoms with Crippen molar-refractivity contribution < 1.29 is 0 Å². The normalized spacial score (nSPS) is 9.83. The Balaban J connectivity index is 2.10. The Morgan fingerprint density at radius 1 is 1.06 bits per heavy atom. The summed E-state index contributed by atoms with van der Waals surface area (Å²) in [6, 6.07) is 15.8. The van der Waals surface area contributed by atoms with Crippen LogP contribution in [0, 0.1) is 11.3 Å². The Labute approximate surface area is 123 Å². The summed E-state index contributed by atoms with van der Waals surface area (Å²) in [5.74, 6) is 0. The maximum absolute atomic E-state index is 8.85. The standard InChI is InChI=1S/C14H10Br2N2/c15-13-4-2-1-3-11(13)9-18-12-6-5-10(8-17)14(16)7-12/h1-7,18H,9H2. The van der Waals surface area contributed by atoms with E-state index in [-0.39, 0.29) is 0 Å². The molecule has 0 atom stereocenters. The van der Waals surface area contributed by atoms with Gasteiger partial charge in [-0.15, -0.1) is 0 Å². The van der Waals surface area contributed by atoms with Crippen molar-refractivity contribution in [3.8, 4) is 6.07 Å². The van der Waals surface area contributed by atoms with Crippen LogP contribution < -0.4 is 5.32 Å². The molecule has 0 amide bonds. The van der Waals surface area contributed by atoms with Crippen LogP contribution in [0.5, 0.6) is 0 Å². The van der Waals surface area contributed by atoms with E-state index in [1.54, 1.807) is 6.07 Å². The van der Waals surface area contributed by atoms with Gasteiger partial charge in [-0.1, -0.05) is 34.1 Å². The lowest BCUT2D eigenvalue weighted by Gasteiger charge is -2.09. The highest BCUT2D eigenvalue weighted by Crippen LogP contribution is 2.22. The smallest absolute Gasteiger partial charge is 0.100 e. The van der Waals surface area contributed by atoms with Crippen molar-refractivity contribution in [3.05, 3.63) is 62.5 Å². The van der Waals surface area contributed by atoms with Gasteiger partial charge in [-0.25, -0.2) is 0 Å². The highest BCUT2D eigenvalue weighted by atomic mass is 79.9. The predicted molar refractivity (Wildman–Crippen MR) is 80.3 cm³/mol. The Kier molecular flexibility index (Phi) is 4.40. The summed E-state index contributed by atoms with van der Waals surface area (Å²) in [5, 5.41) is 12.2. The molecule has 90 valence electrons. The second-order valence-corrected chi connectivity index (χ2v) is 5.46. The van der Waals surface area contributed by atoms with Gasteiger partial charge in [0.2, 0.25) is 0 Å². The summed E-state index contributed by atoms with van der Waals surface area (Å²) in [7, 11) is 0. The van der Waals surface area contributed by atoms with Gasteiger partial charge in [0.15, 0.2) is 0 Å². The van der Waals surface area contributed by atoms with Crippen molar-refractivity contribution in [1.29, 1.82) is 5.26 Å². The van der Waals surface area contributed by atoms with Gasteiger partial charge in [0, 0.05) is 21.2 Å². The number of nitriles is 1. The molecule has 1 N–H and O–H groups in total. The minimum absolute atomic E-state index is 0.640. The van der Waals surface area contributed by atoms with Gasteiger partial charge in [0.25, 0.3) is 0 Å². The number of benzene rings is 2. The summed E-state index contributed by atoms with van der Waals surface area (Å²) in [6.45, 7) is 0.736. The number of halogens is 2. The number of hydrogen-bond acceptors (Lipinski definition) is 2. The Bertz CT molecular complexity index is 603. The maximum atomic E-state index is 8.85. The zero-order valence-corrected chi connectivity index (χ0v) is 12.6. The molecule has 2 aromatic carbocycles. The topological polar surface area (TPSA) is 35.8 Å². The fourth-order valence-electron chi connectivity index (χ4n) is 1.55. The van der Waals surface area contributed by atoms with E-state index < -0.39 is 0 Å². The predicted octanol–water partition coefficient (Wildman–Crippen LogP) is 4.70. The number of nitrogens with zero attached hydrogens (tertiary/aromatic N) is 1. The van der Waals surface area contributed by atoms with Gasteiger partial charge >= 0.3 is 0 Å². The average Bonchev–Trinajstić information content (AvgIpc) is 2.38.